The van der Waals surface area contributed by atoms with E-state index < -0.39 is 18.2 Å². The summed E-state index contributed by atoms with van der Waals surface area (Å²) in [5.41, 5.74) is 15.4. The van der Waals surface area contributed by atoms with E-state index >= 15 is 0 Å². The van der Waals surface area contributed by atoms with Crippen LogP contribution in [0.25, 0.3) is 22.3 Å². The molecule has 8 nitrogen and oxygen atoms in total. The van der Waals surface area contributed by atoms with Crippen molar-refractivity contribution in [3.8, 4) is 33.8 Å². The molecule has 6 aromatic carbocycles. The Hall–Kier alpha value is -6.22. The Balaban J connectivity index is 0.000000277. The Kier molecular flexibility index (Phi) is 20.3. The summed E-state index contributed by atoms with van der Waals surface area (Å²) in [6.45, 7) is 30.1. The van der Waals surface area contributed by atoms with Crippen molar-refractivity contribution in [1.82, 2.24) is 0 Å². The molecule has 2 unspecified atom stereocenters. The fourth-order valence-electron chi connectivity index (χ4n) is 10.1. The molecule has 0 saturated heterocycles. The minimum atomic E-state index is -0.818. The third-order valence-electron chi connectivity index (χ3n) is 15.7. The Morgan fingerprint density at radius 2 is 0.787 bits per heavy atom. The molecule has 0 amide bonds. The molecule has 6 aromatic rings. The average Bonchev–Trinajstić information content (AvgIpc) is 3.37. The van der Waals surface area contributed by atoms with E-state index in [1.165, 1.54) is 46.1 Å². The van der Waals surface area contributed by atoms with E-state index in [9.17, 15) is 19.8 Å². The van der Waals surface area contributed by atoms with Crippen LogP contribution in [0.3, 0.4) is 0 Å². The van der Waals surface area contributed by atoms with E-state index in [1.54, 1.807) is 0 Å². The Morgan fingerprint density at radius 1 is 0.467 bits per heavy atom. The fraction of sp³-hybridized carbons (Fsp3) is 0.433. The van der Waals surface area contributed by atoms with Gasteiger partial charge in [-0.2, -0.15) is 0 Å². The van der Waals surface area contributed by atoms with Crippen LogP contribution in [0.15, 0.2) is 121 Å². The van der Waals surface area contributed by atoms with Gasteiger partial charge in [0.25, 0.3) is 0 Å². The number of carbonyl (C=O) groups excluding carboxylic acids is 1. The van der Waals surface area contributed by atoms with E-state index in [1.807, 2.05) is 84.0 Å². The third kappa shape index (κ3) is 14.6. The molecule has 8 heteroatoms. The molecule has 0 aromatic heterocycles. The van der Waals surface area contributed by atoms with Gasteiger partial charge >= 0.3 is 11.9 Å². The molecule has 6 rings (SSSR count). The first-order valence-electron chi connectivity index (χ1n) is 26.9. The van der Waals surface area contributed by atoms with Crippen LogP contribution in [0.5, 0.6) is 11.5 Å². The second-order valence-electron chi connectivity index (χ2n) is 22.7. The normalized spacial score (nSPS) is 12.8. The summed E-state index contributed by atoms with van der Waals surface area (Å²) in [6.07, 6.45) is 3.14. The number of aryl methyl sites for hydroxylation is 4. The highest BCUT2D eigenvalue weighted by Gasteiger charge is 2.34. The van der Waals surface area contributed by atoms with E-state index in [-0.39, 0.29) is 53.7 Å². The summed E-state index contributed by atoms with van der Waals surface area (Å²) in [4.78, 5) is 22.6. The van der Waals surface area contributed by atoms with Crippen LogP contribution in [0.1, 0.15) is 151 Å². The number of aliphatic hydroxyl groups excluding tert-OH is 2. The lowest BCUT2D eigenvalue weighted by Gasteiger charge is -2.34. The number of ether oxygens (including phenoxy) is 3. The fourth-order valence-corrected chi connectivity index (χ4v) is 10.1. The van der Waals surface area contributed by atoms with Crippen molar-refractivity contribution in [3.05, 3.63) is 177 Å². The first-order chi connectivity index (χ1) is 35.4. The molecule has 0 saturated carbocycles. The molecule has 0 spiro atoms. The van der Waals surface area contributed by atoms with Gasteiger partial charge in [-0.25, -0.2) is 0 Å². The summed E-state index contributed by atoms with van der Waals surface area (Å²) in [6, 6.07) is 42.4. The number of hydrogen-bond donors (Lipinski definition) is 3. The second-order valence-corrected chi connectivity index (χ2v) is 22.7. The maximum Gasteiger partial charge on any atom is 0.309 e. The highest BCUT2D eigenvalue weighted by Crippen LogP contribution is 2.44. The highest BCUT2D eigenvalue weighted by atomic mass is 16.5. The zero-order chi connectivity index (χ0) is 55.5. The first-order valence-corrected chi connectivity index (χ1v) is 26.9. The molecule has 2 atom stereocenters. The van der Waals surface area contributed by atoms with Crippen molar-refractivity contribution in [1.29, 1.82) is 0 Å². The SMILES string of the molecule is CCC(CC)(c1ccc(OCC(O)C(C)(C)C)c(C)c1)c1ccc(-c2ccc(CC(=O)O)cc2)c(C)c1.CCC(CC)(c1ccc(OCC(O)C(C)(C)C)c(C)c1)c1ccc(-c2ccc(CC(=O)OC)cc2)c(C)c1. The zero-order valence-electron chi connectivity index (χ0n) is 47.7. The molecule has 3 N–H and O–H groups in total. The summed E-state index contributed by atoms with van der Waals surface area (Å²) < 4.78 is 16.8. The quantitative estimate of drug-likeness (QED) is 0.0646. The molecule has 0 aliphatic heterocycles. The molecular weight excluding hydrogens is 933 g/mol. The molecule has 0 fully saturated rings. The number of benzene rings is 6. The minimum absolute atomic E-state index is 0.0359. The largest absolute Gasteiger partial charge is 0.491 e. The van der Waals surface area contributed by atoms with E-state index in [0.717, 1.165) is 76.1 Å². The monoisotopic (exact) mass is 1020 g/mol. The average molecular weight is 1020 g/mol. The van der Waals surface area contributed by atoms with Crippen molar-refractivity contribution in [3.63, 3.8) is 0 Å². The predicted octanol–water partition coefficient (Wildman–Crippen LogP) is 15.1. The number of carboxylic acids is 1. The second kappa shape index (κ2) is 25.5. The Morgan fingerprint density at radius 3 is 1.07 bits per heavy atom. The minimum Gasteiger partial charge on any atom is -0.491 e. The lowest BCUT2D eigenvalue weighted by atomic mass is 9.69. The van der Waals surface area contributed by atoms with Gasteiger partial charge in [0.1, 0.15) is 24.7 Å². The van der Waals surface area contributed by atoms with Crippen LogP contribution < -0.4 is 9.47 Å². The van der Waals surface area contributed by atoms with Gasteiger partial charge < -0.3 is 29.5 Å². The first kappa shape index (κ1) is 59.7. The predicted molar refractivity (Wildman–Crippen MR) is 307 cm³/mol. The smallest absolute Gasteiger partial charge is 0.309 e. The van der Waals surface area contributed by atoms with E-state index in [2.05, 4.69) is 134 Å². The van der Waals surface area contributed by atoms with Gasteiger partial charge in [-0.1, -0.05) is 178 Å². The van der Waals surface area contributed by atoms with Crippen molar-refractivity contribution in [2.75, 3.05) is 20.3 Å². The van der Waals surface area contributed by atoms with Gasteiger partial charge in [-0.3, -0.25) is 9.59 Å². The van der Waals surface area contributed by atoms with Crippen LogP contribution in [0.2, 0.25) is 0 Å². The van der Waals surface area contributed by atoms with Crippen LogP contribution >= 0.6 is 0 Å². The van der Waals surface area contributed by atoms with E-state index in [4.69, 9.17) is 19.3 Å². The number of aliphatic hydroxyl groups is 2. The van der Waals surface area contributed by atoms with Crippen LogP contribution in [0, 0.1) is 38.5 Å². The van der Waals surface area contributed by atoms with Crippen molar-refractivity contribution >= 4 is 11.9 Å². The summed E-state index contributed by atoms with van der Waals surface area (Å²) in [7, 11) is 1.41. The van der Waals surface area contributed by atoms with Gasteiger partial charge in [0.05, 0.1) is 32.2 Å². The maximum absolute atomic E-state index is 11.6. The van der Waals surface area contributed by atoms with Gasteiger partial charge in [0.15, 0.2) is 0 Å². The number of esters is 1. The van der Waals surface area contributed by atoms with Gasteiger partial charge in [-0.05, 0) is 154 Å². The Bertz CT molecular complexity index is 2840. The lowest BCUT2D eigenvalue weighted by molar-refractivity contribution is -0.140. The van der Waals surface area contributed by atoms with Gasteiger partial charge in [0, 0.05) is 10.8 Å². The van der Waals surface area contributed by atoms with Crippen molar-refractivity contribution < 1.29 is 39.1 Å². The summed E-state index contributed by atoms with van der Waals surface area (Å²) in [5, 5.41) is 29.8. The maximum atomic E-state index is 11.6. The summed E-state index contributed by atoms with van der Waals surface area (Å²) >= 11 is 0. The van der Waals surface area contributed by atoms with Crippen molar-refractivity contribution in [2.45, 2.75) is 158 Å². The molecule has 402 valence electrons. The number of aliphatic carboxylic acids is 1. The summed E-state index contributed by atoms with van der Waals surface area (Å²) in [5.74, 6) is 0.582. The molecule has 0 radical (unpaired) electrons. The number of rotatable bonds is 20. The molecule has 0 bridgehead atoms. The number of carbonyl (C=O) groups is 2. The molecule has 75 heavy (non-hydrogen) atoms. The molecular formula is C67H86O8. The van der Waals surface area contributed by atoms with Gasteiger partial charge in [-0.15, -0.1) is 0 Å². The van der Waals surface area contributed by atoms with Crippen LogP contribution in [-0.4, -0.2) is 59.8 Å². The third-order valence-corrected chi connectivity index (χ3v) is 15.7. The molecule has 0 aliphatic carbocycles. The molecule has 0 heterocycles. The topological polar surface area (TPSA) is 123 Å². The highest BCUT2D eigenvalue weighted by molar-refractivity contribution is 5.74. The molecule has 0 aliphatic rings. The van der Waals surface area contributed by atoms with Gasteiger partial charge in [0.2, 0.25) is 0 Å². The lowest BCUT2D eigenvalue weighted by Crippen LogP contribution is -2.32. The van der Waals surface area contributed by atoms with E-state index in [0.29, 0.717) is 0 Å². The Labute approximate surface area is 449 Å². The standard InChI is InChI=1S/C34H44O4.C33H42O4/c1-9-34(10-2,28-16-18-30(24(4)20-28)38-22-31(35)33(5,6)7)27-15-17-29(23(3)19-27)26-13-11-25(12-14-26)21-32(36)37-8;1-8-33(9-2,27-15-17-29(23(4)19-27)37-21-30(34)32(5,6)7)26-14-16-28(22(3)18-26)25-12-10-24(11-13-25)20-31(35)36/h11-20,31,35H,9-10,21-22H2,1-8H3;10-19,30,34H,8-9,20-21H2,1-7H3,(H,35,36). The zero-order valence-corrected chi connectivity index (χ0v) is 47.7. The number of hydrogen-bond acceptors (Lipinski definition) is 7. The van der Waals surface area contributed by atoms with Crippen LogP contribution in [0.4, 0.5) is 0 Å². The van der Waals surface area contributed by atoms with Crippen molar-refractivity contribution in [2.24, 2.45) is 10.8 Å². The number of methoxy groups -OCH3 is 1. The van der Waals surface area contributed by atoms with Crippen LogP contribution in [-0.2, 0) is 38.0 Å². The number of carboxylic acid groups (broad SMARTS) is 1.